The Balaban J connectivity index is 1.68. The summed E-state index contributed by atoms with van der Waals surface area (Å²) in [4.78, 5) is 0. The van der Waals surface area contributed by atoms with Crippen LogP contribution in [-0.4, -0.2) is 18.2 Å². The van der Waals surface area contributed by atoms with Crippen molar-refractivity contribution in [3.05, 3.63) is 29.8 Å². The molecule has 0 heterocycles. The Morgan fingerprint density at radius 2 is 2.14 bits per heavy atom. The summed E-state index contributed by atoms with van der Waals surface area (Å²) < 4.78 is 31.4. The number of nitriles is 1. The molecule has 0 spiro atoms. The van der Waals surface area contributed by atoms with Gasteiger partial charge in [-0.15, -0.1) is 0 Å². The Morgan fingerprint density at radius 1 is 1.38 bits per heavy atom. The van der Waals surface area contributed by atoms with Crippen LogP contribution in [0, 0.1) is 23.0 Å². The quantitative estimate of drug-likeness (QED) is 0.746. The van der Waals surface area contributed by atoms with E-state index in [-0.39, 0.29) is 5.75 Å². The smallest absolute Gasteiger partial charge is 0.167 e. The van der Waals surface area contributed by atoms with Crippen LogP contribution in [0.2, 0.25) is 0 Å². The molecule has 1 unspecified atom stereocenters. The van der Waals surface area contributed by atoms with E-state index in [4.69, 9.17) is 4.74 Å². The van der Waals surface area contributed by atoms with E-state index < -0.39 is 17.2 Å². The summed E-state index contributed by atoms with van der Waals surface area (Å²) in [5, 5.41) is 12.6. The lowest BCUT2D eigenvalue weighted by Crippen LogP contribution is -2.42. The lowest BCUT2D eigenvalue weighted by Gasteiger charge is -2.23. The van der Waals surface area contributed by atoms with Crippen molar-refractivity contribution in [2.75, 3.05) is 6.61 Å². The van der Waals surface area contributed by atoms with E-state index in [1.807, 2.05) is 6.92 Å². The third kappa shape index (κ3) is 4.98. The van der Waals surface area contributed by atoms with Crippen molar-refractivity contribution >= 4 is 0 Å². The van der Waals surface area contributed by atoms with E-state index in [2.05, 4.69) is 11.4 Å². The van der Waals surface area contributed by atoms with Gasteiger partial charge >= 0.3 is 0 Å². The number of hydrogen-bond acceptors (Lipinski definition) is 3. The summed E-state index contributed by atoms with van der Waals surface area (Å²) in [5.74, 6) is -1.24. The predicted molar refractivity (Wildman–Crippen MR) is 75.9 cm³/mol. The van der Waals surface area contributed by atoms with Gasteiger partial charge in [-0.25, -0.2) is 8.78 Å². The maximum absolute atomic E-state index is 13.3. The van der Waals surface area contributed by atoms with Gasteiger partial charge in [-0.05, 0) is 51.2 Å². The molecule has 1 aromatic carbocycles. The van der Waals surface area contributed by atoms with Gasteiger partial charge in [0.25, 0.3) is 0 Å². The molecule has 2 rings (SSSR count). The maximum atomic E-state index is 13.3. The Labute approximate surface area is 123 Å². The predicted octanol–water partition coefficient (Wildman–Crippen LogP) is 3.55. The SMILES string of the molecule is CC(C#N)(CCCCOc1ccc(F)cc1F)NC1CC1. The second kappa shape index (κ2) is 6.86. The normalized spacial score (nSPS) is 17.0. The van der Waals surface area contributed by atoms with Gasteiger partial charge in [0.15, 0.2) is 11.6 Å². The second-order valence-corrected chi connectivity index (χ2v) is 5.74. The fraction of sp³-hybridized carbons (Fsp3) is 0.562. The third-order valence-corrected chi connectivity index (χ3v) is 3.57. The van der Waals surface area contributed by atoms with Gasteiger partial charge < -0.3 is 4.74 Å². The number of benzene rings is 1. The number of nitrogens with zero attached hydrogens (tertiary/aromatic N) is 1. The monoisotopic (exact) mass is 294 g/mol. The van der Waals surface area contributed by atoms with Crippen LogP contribution in [0.1, 0.15) is 39.0 Å². The third-order valence-electron chi connectivity index (χ3n) is 3.57. The van der Waals surface area contributed by atoms with Crippen molar-refractivity contribution in [2.45, 2.75) is 50.6 Å². The lowest BCUT2D eigenvalue weighted by atomic mass is 9.96. The minimum absolute atomic E-state index is 0.0653. The molecule has 1 atom stereocenters. The van der Waals surface area contributed by atoms with Gasteiger partial charge in [0, 0.05) is 12.1 Å². The molecular weight excluding hydrogens is 274 g/mol. The van der Waals surface area contributed by atoms with E-state index in [9.17, 15) is 14.0 Å². The van der Waals surface area contributed by atoms with Crippen molar-refractivity contribution in [1.82, 2.24) is 5.32 Å². The highest BCUT2D eigenvalue weighted by molar-refractivity contribution is 5.24. The molecule has 0 radical (unpaired) electrons. The minimum atomic E-state index is -0.688. The fourth-order valence-electron chi connectivity index (χ4n) is 2.19. The van der Waals surface area contributed by atoms with E-state index in [0.29, 0.717) is 12.6 Å². The summed E-state index contributed by atoms with van der Waals surface area (Å²) >= 11 is 0. The van der Waals surface area contributed by atoms with E-state index >= 15 is 0 Å². The molecule has 1 aromatic rings. The molecule has 0 aromatic heterocycles. The van der Waals surface area contributed by atoms with E-state index in [0.717, 1.165) is 38.2 Å². The average molecular weight is 294 g/mol. The molecule has 1 N–H and O–H groups in total. The number of ether oxygens (including phenoxy) is 1. The Morgan fingerprint density at radius 3 is 2.76 bits per heavy atom. The number of unbranched alkanes of at least 4 members (excludes halogenated alkanes) is 1. The van der Waals surface area contributed by atoms with Crippen LogP contribution in [0.4, 0.5) is 8.78 Å². The highest BCUT2D eigenvalue weighted by Gasteiger charge is 2.31. The van der Waals surface area contributed by atoms with Gasteiger partial charge in [0.05, 0.1) is 12.7 Å². The Hall–Kier alpha value is -1.67. The zero-order chi connectivity index (χ0) is 15.3. The van der Waals surface area contributed by atoms with Crippen LogP contribution in [0.25, 0.3) is 0 Å². The van der Waals surface area contributed by atoms with Crippen LogP contribution in [0.5, 0.6) is 5.75 Å². The molecule has 3 nitrogen and oxygen atoms in total. The molecule has 0 saturated heterocycles. The molecule has 5 heteroatoms. The van der Waals surface area contributed by atoms with E-state index in [1.165, 1.54) is 12.1 Å². The first kappa shape index (κ1) is 15.7. The number of hydrogen-bond donors (Lipinski definition) is 1. The zero-order valence-electron chi connectivity index (χ0n) is 12.2. The molecular formula is C16H20F2N2O. The minimum Gasteiger partial charge on any atom is -0.491 e. The first-order chi connectivity index (χ1) is 10.0. The first-order valence-corrected chi connectivity index (χ1v) is 7.29. The van der Waals surface area contributed by atoms with Crippen molar-refractivity contribution in [3.63, 3.8) is 0 Å². The van der Waals surface area contributed by atoms with Gasteiger partial charge in [-0.2, -0.15) is 5.26 Å². The van der Waals surface area contributed by atoms with Crippen molar-refractivity contribution in [3.8, 4) is 11.8 Å². The van der Waals surface area contributed by atoms with Crippen molar-refractivity contribution in [2.24, 2.45) is 0 Å². The van der Waals surface area contributed by atoms with Gasteiger partial charge in [-0.3, -0.25) is 5.32 Å². The van der Waals surface area contributed by atoms with E-state index in [1.54, 1.807) is 0 Å². The van der Waals surface area contributed by atoms with Crippen LogP contribution in [0.15, 0.2) is 18.2 Å². The van der Waals surface area contributed by atoms with Crippen molar-refractivity contribution < 1.29 is 13.5 Å². The molecule has 0 amide bonds. The molecule has 0 bridgehead atoms. The number of halogens is 2. The standard InChI is InChI=1S/C16H20F2N2O/c1-16(11-19,20-13-5-6-13)8-2-3-9-21-15-7-4-12(17)10-14(15)18/h4,7,10,13,20H,2-3,5-6,8-9H2,1H3. The van der Waals surface area contributed by atoms with Gasteiger partial charge in [0.1, 0.15) is 11.4 Å². The van der Waals surface area contributed by atoms with Gasteiger partial charge in [-0.1, -0.05) is 0 Å². The fourth-order valence-corrected chi connectivity index (χ4v) is 2.19. The zero-order valence-corrected chi connectivity index (χ0v) is 12.2. The highest BCUT2D eigenvalue weighted by Crippen LogP contribution is 2.25. The van der Waals surface area contributed by atoms with Gasteiger partial charge in [0.2, 0.25) is 0 Å². The molecule has 114 valence electrons. The highest BCUT2D eigenvalue weighted by atomic mass is 19.1. The van der Waals surface area contributed by atoms with Crippen LogP contribution in [-0.2, 0) is 0 Å². The number of nitrogens with one attached hydrogen (secondary N) is 1. The van der Waals surface area contributed by atoms with Crippen LogP contribution >= 0.6 is 0 Å². The number of rotatable bonds is 8. The average Bonchev–Trinajstić information content (AvgIpc) is 3.24. The molecule has 1 fully saturated rings. The molecule has 1 aliphatic carbocycles. The topological polar surface area (TPSA) is 45.0 Å². The van der Waals surface area contributed by atoms with Crippen molar-refractivity contribution in [1.29, 1.82) is 5.26 Å². The summed E-state index contributed by atoms with van der Waals surface area (Å²) in [6.07, 6.45) is 4.55. The summed E-state index contributed by atoms with van der Waals surface area (Å²) in [5.41, 5.74) is -0.498. The summed E-state index contributed by atoms with van der Waals surface area (Å²) in [6.45, 7) is 2.26. The van der Waals surface area contributed by atoms with Crippen LogP contribution in [0.3, 0.4) is 0 Å². The second-order valence-electron chi connectivity index (χ2n) is 5.74. The Kier molecular flexibility index (Phi) is 5.13. The maximum Gasteiger partial charge on any atom is 0.167 e. The molecule has 1 saturated carbocycles. The van der Waals surface area contributed by atoms with Crippen LogP contribution < -0.4 is 10.1 Å². The molecule has 21 heavy (non-hydrogen) atoms. The first-order valence-electron chi connectivity index (χ1n) is 7.29. The summed E-state index contributed by atoms with van der Waals surface area (Å²) in [7, 11) is 0. The Bertz CT molecular complexity index is 525. The lowest BCUT2D eigenvalue weighted by molar-refractivity contribution is 0.282. The largest absolute Gasteiger partial charge is 0.491 e. The molecule has 1 aliphatic rings. The molecule has 0 aliphatic heterocycles. The summed E-state index contributed by atoms with van der Waals surface area (Å²) in [6, 6.07) is 6.07.